The van der Waals surface area contributed by atoms with Crippen LogP contribution in [0.4, 0.5) is 10.6 Å². The van der Waals surface area contributed by atoms with Crippen LogP contribution in [-0.4, -0.2) is 34.6 Å². The largest absolute Gasteiger partial charge is 0.463 e. The number of urea groups is 1. The molecule has 2 N–H and O–H groups in total. The van der Waals surface area contributed by atoms with Crippen LogP contribution in [0.2, 0.25) is 0 Å². The Morgan fingerprint density at radius 2 is 2.20 bits per heavy atom. The second-order valence-electron chi connectivity index (χ2n) is 7.10. The lowest BCUT2D eigenvalue weighted by atomic mass is 10.1. The van der Waals surface area contributed by atoms with Gasteiger partial charge in [0.25, 0.3) is 0 Å². The second kappa shape index (κ2) is 6.55. The number of carbonyl (C=O) groups excluding carboxylic acids is 1. The van der Waals surface area contributed by atoms with Gasteiger partial charge in [0.05, 0.1) is 18.4 Å². The van der Waals surface area contributed by atoms with Gasteiger partial charge in [-0.15, -0.1) is 0 Å². The Morgan fingerprint density at radius 3 is 2.88 bits per heavy atom. The summed E-state index contributed by atoms with van der Waals surface area (Å²) in [6.45, 7) is 4.77. The average Bonchev–Trinajstić information content (AvgIpc) is 3.01. The van der Waals surface area contributed by atoms with Crippen molar-refractivity contribution in [3.63, 3.8) is 0 Å². The molecule has 7 heteroatoms. The Bertz CT molecular complexity index is 734. The molecule has 0 bridgehead atoms. The lowest BCUT2D eigenvalue weighted by molar-refractivity contribution is 0.0829. The van der Waals surface area contributed by atoms with Gasteiger partial charge in [0, 0.05) is 18.7 Å². The van der Waals surface area contributed by atoms with Crippen molar-refractivity contribution in [3.05, 3.63) is 24.5 Å². The summed E-state index contributed by atoms with van der Waals surface area (Å²) >= 11 is 0. The Hall–Kier alpha value is -2.28. The summed E-state index contributed by atoms with van der Waals surface area (Å²) in [6, 6.07) is 5.51. The van der Waals surface area contributed by atoms with E-state index < -0.39 is 0 Å². The first kappa shape index (κ1) is 16.2. The summed E-state index contributed by atoms with van der Waals surface area (Å²) in [6.07, 6.45) is 5.06. The summed E-state index contributed by atoms with van der Waals surface area (Å²) in [5.41, 5.74) is 0.703. The number of hydrogen-bond acceptors (Lipinski definition) is 4. The van der Waals surface area contributed by atoms with Gasteiger partial charge in [0.15, 0.2) is 5.76 Å². The summed E-state index contributed by atoms with van der Waals surface area (Å²) in [4.78, 5) is 12.5. The normalized spacial score (nSPS) is 23.2. The van der Waals surface area contributed by atoms with E-state index in [-0.39, 0.29) is 24.2 Å². The molecule has 0 unspecified atom stereocenters. The third-order valence-corrected chi connectivity index (χ3v) is 4.78. The van der Waals surface area contributed by atoms with E-state index in [1.807, 2.05) is 32.0 Å². The van der Waals surface area contributed by atoms with Gasteiger partial charge < -0.3 is 14.5 Å². The number of rotatable bonds is 5. The Kier molecular flexibility index (Phi) is 4.25. The number of hydrogen-bond donors (Lipinski definition) is 2. The maximum Gasteiger partial charge on any atom is 0.320 e. The molecule has 1 saturated carbocycles. The molecule has 2 aromatic rings. The molecule has 1 aliphatic heterocycles. The molecular formula is C18H24N4O3. The minimum atomic E-state index is -0.214. The van der Waals surface area contributed by atoms with Gasteiger partial charge in [0.2, 0.25) is 0 Å². The van der Waals surface area contributed by atoms with E-state index in [0.717, 1.165) is 13.0 Å². The summed E-state index contributed by atoms with van der Waals surface area (Å²) in [5.74, 6) is 1.95. The molecule has 0 spiro atoms. The number of carbonyl (C=O) groups is 1. The van der Waals surface area contributed by atoms with E-state index in [9.17, 15) is 4.79 Å². The summed E-state index contributed by atoms with van der Waals surface area (Å²) in [7, 11) is 0. The van der Waals surface area contributed by atoms with Crippen molar-refractivity contribution in [3.8, 4) is 11.5 Å². The van der Waals surface area contributed by atoms with Gasteiger partial charge in [-0.2, -0.15) is 5.10 Å². The number of ether oxygens (including phenoxy) is 1. The van der Waals surface area contributed by atoms with Crippen molar-refractivity contribution < 1.29 is 13.9 Å². The average molecular weight is 344 g/mol. The maximum atomic E-state index is 12.5. The zero-order valence-electron chi connectivity index (χ0n) is 14.6. The maximum absolute atomic E-state index is 12.5. The highest BCUT2D eigenvalue weighted by molar-refractivity contribution is 5.89. The standard InChI is InChI=1S/C18H24N4O3/c1-11(2)22-16(10-14(21-22)15-4-3-8-24-15)20-18(23)19-13-7-9-25-17(13)12-5-6-12/h3-4,8,10-13,17H,5-7,9H2,1-2H3,(H2,19,20,23)/t13-,17-/m0/s1. The zero-order valence-corrected chi connectivity index (χ0v) is 14.6. The van der Waals surface area contributed by atoms with Crippen molar-refractivity contribution in [2.75, 3.05) is 11.9 Å². The van der Waals surface area contributed by atoms with Gasteiger partial charge >= 0.3 is 6.03 Å². The number of furan rings is 1. The van der Waals surface area contributed by atoms with Gasteiger partial charge in [0.1, 0.15) is 11.5 Å². The Morgan fingerprint density at radius 1 is 1.36 bits per heavy atom. The number of amides is 2. The first-order valence-electron chi connectivity index (χ1n) is 8.94. The van der Waals surface area contributed by atoms with Crippen LogP contribution in [0.25, 0.3) is 11.5 Å². The summed E-state index contributed by atoms with van der Waals surface area (Å²) < 4.78 is 13.0. The first-order chi connectivity index (χ1) is 12.1. The number of aromatic nitrogens is 2. The molecule has 7 nitrogen and oxygen atoms in total. The van der Waals surface area contributed by atoms with Crippen LogP contribution in [-0.2, 0) is 4.74 Å². The number of nitrogens with one attached hydrogen (secondary N) is 2. The van der Waals surface area contributed by atoms with Crippen LogP contribution >= 0.6 is 0 Å². The van der Waals surface area contributed by atoms with E-state index in [1.165, 1.54) is 12.8 Å². The Balaban J connectivity index is 1.46. The molecule has 0 radical (unpaired) electrons. The van der Waals surface area contributed by atoms with Crippen molar-refractivity contribution in [2.45, 2.75) is 51.3 Å². The third kappa shape index (κ3) is 3.42. The van der Waals surface area contributed by atoms with Crippen molar-refractivity contribution in [1.82, 2.24) is 15.1 Å². The highest BCUT2D eigenvalue weighted by atomic mass is 16.5. The predicted octanol–water partition coefficient (Wildman–Crippen LogP) is 3.41. The van der Waals surface area contributed by atoms with Gasteiger partial charge in [-0.25, -0.2) is 9.48 Å². The van der Waals surface area contributed by atoms with Crippen LogP contribution in [0.3, 0.4) is 0 Å². The molecule has 2 aromatic heterocycles. The van der Waals surface area contributed by atoms with Crippen LogP contribution in [0, 0.1) is 5.92 Å². The fraction of sp³-hybridized carbons (Fsp3) is 0.556. The SMILES string of the molecule is CC(C)n1nc(-c2ccco2)cc1NC(=O)N[C@H]1CCO[C@H]1C1CC1. The van der Waals surface area contributed by atoms with Crippen molar-refractivity contribution >= 4 is 11.8 Å². The highest BCUT2D eigenvalue weighted by Gasteiger charge is 2.41. The smallest absolute Gasteiger partial charge is 0.320 e. The van der Waals surface area contributed by atoms with Crippen LogP contribution in [0.1, 0.15) is 39.2 Å². The fourth-order valence-electron chi connectivity index (χ4n) is 3.40. The molecule has 2 aliphatic rings. The van der Waals surface area contributed by atoms with E-state index >= 15 is 0 Å². The molecule has 4 rings (SSSR count). The zero-order chi connectivity index (χ0) is 17.4. The van der Waals surface area contributed by atoms with Crippen molar-refractivity contribution in [2.24, 2.45) is 5.92 Å². The van der Waals surface area contributed by atoms with Gasteiger partial charge in [-0.05, 0) is 51.2 Å². The predicted molar refractivity (Wildman–Crippen MR) is 93.3 cm³/mol. The molecular weight excluding hydrogens is 320 g/mol. The molecule has 2 amide bonds. The molecule has 1 saturated heterocycles. The molecule has 25 heavy (non-hydrogen) atoms. The quantitative estimate of drug-likeness (QED) is 0.871. The first-order valence-corrected chi connectivity index (χ1v) is 8.94. The minimum Gasteiger partial charge on any atom is -0.463 e. The van der Waals surface area contributed by atoms with Gasteiger partial charge in [-0.3, -0.25) is 5.32 Å². The molecule has 3 heterocycles. The molecule has 2 fully saturated rings. The lowest BCUT2D eigenvalue weighted by Crippen LogP contribution is -2.43. The van der Waals surface area contributed by atoms with Crippen molar-refractivity contribution in [1.29, 1.82) is 0 Å². The summed E-state index contributed by atoms with van der Waals surface area (Å²) in [5, 5.41) is 10.5. The minimum absolute atomic E-state index is 0.0902. The second-order valence-corrected chi connectivity index (χ2v) is 7.10. The molecule has 134 valence electrons. The lowest BCUT2D eigenvalue weighted by Gasteiger charge is -2.20. The fourth-order valence-corrected chi connectivity index (χ4v) is 3.40. The third-order valence-electron chi connectivity index (χ3n) is 4.78. The number of anilines is 1. The van der Waals surface area contributed by atoms with Crippen LogP contribution in [0.15, 0.2) is 28.9 Å². The molecule has 1 aliphatic carbocycles. The van der Waals surface area contributed by atoms with E-state index in [2.05, 4.69) is 15.7 Å². The van der Waals surface area contributed by atoms with Crippen LogP contribution < -0.4 is 10.6 Å². The number of nitrogens with zero attached hydrogens (tertiary/aromatic N) is 2. The molecule has 0 aromatic carbocycles. The highest BCUT2D eigenvalue weighted by Crippen LogP contribution is 2.38. The van der Waals surface area contributed by atoms with E-state index in [1.54, 1.807) is 10.9 Å². The molecule has 2 atom stereocenters. The topological polar surface area (TPSA) is 81.3 Å². The van der Waals surface area contributed by atoms with E-state index in [4.69, 9.17) is 9.15 Å². The van der Waals surface area contributed by atoms with Gasteiger partial charge in [-0.1, -0.05) is 0 Å². The van der Waals surface area contributed by atoms with E-state index in [0.29, 0.717) is 23.2 Å². The monoisotopic (exact) mass is 344 g/mol. The van der Waals surface area contributed by atoms with Crippen LogP contribution in [0.5, 0.6) is 0 Å². The Labute approximate surface area is 146 Å².